The van der Waals surface area contributed by atoms with Crippen LogP contribution in [0.3, 0.4) is 0 Å². The molecule has 0 radical (unpaired) electrons. The molecule has 2 heterocycles. The third kappa shape index (κ3) is 2.50. The van der Waals surface area contributed by atoms with Crippen LogP contribution in [0.15, 0.2) is 12.4 Å². The van der Waals surface area contributed by atoms with Crippen molar-refractivity contribution in [1.82, 2.24) is 9.97 Å². The highest BCUT2D eigenvalue weighted by Crippen LogP contribution is 2.19. The first-order chi connectivity index (χ1) is 7.66. The minimum absolute atomic E-state index is 0.132. The van der Waals surface area contributed by atoms with Gasteiger partial charge >= 0.3 is 0 Å². The van der Waals surface area contributed by atoms with Gasteiger partial charge in [0, 0.05) is 19.0 Å². The molecule has 2 rings (SSSR count). The molecule has 1 N–H and O–H groups in total. The van der Waals surface area contributed by atoms with Gasteiger partial charge in [0.2, 0.25) is 0 Å². The van der Waals surface area contributed by atoms with Gasteiger partial charge in [-0.25, -0.2) is 9.97 Å². The summed E-state index contributed by atoms with van der Waals surface area (Å²) in [6.07, 6.45) is 5.32. The van der Waals surface area contributed by atoms with Crippen LogP contribution in [0.2, 0.25) is 0 Å². The van der Waals surface area contributed by atoms with Gasteiger partial charge in [-0.2, -0.15) is 0 Å². The van der Waals surface area contributed by atoms with Gasteiger partial charge in [0.05, 0.1) is 24.2 Å². The van der Waals surface area contributed by atoms with Crippen LogP contribution < -0.4 is 4.90 Å². The lowest BCUT2D eigenvalue weighted by atomic mass is 10.1. The molecule has 1 aromatic heterocycles. The maximum Gasteiger partial charge on any atom is 0.130 e. The first-order valence-corrected chi connectivity index (χ1v) is 5.92. The fourth-order valence-electron chi connectivity index (χ4n) is 1.92. The molecule has 0 spiro atoms. The van der Waals surface area contributed by atoms with E-state index in [1.165, 1.54) is 0 Å². The van der Waals surface area contributed by atoms with Gasteiger partial charge in [-0.15, -0.1) is 0 Å². The highest BCUT2D eigenvalue weighted by molar-refractivity contribution is 5.42. The molecular formula is C12H19N3O. The number of anilines is 1. The Morgan fingerprint density at radius 1 is 1.25 bits per heavy atom. The van der Waals surface area contributed by atoms with E-state index in [4.69, 9.17) is 0 Å². The average molecular weight is 221 g/mol. The number of piperidine rings is 1. The van der Waals surface area contributed by atoms with Crippen LogP contribution in [0.25, 0.3) is 0 Å². The van der Waals surface area contributed by atoms with Crippen molar-refractivity contribution >= 4 is 5.69 Å². The summed E-state index contributed by atoms with van der Waals surface area (Å²) in [5.41, 5.74) is 1.07. The smallest absolute Gasteiger partial charge is 0.130 e. The quantitative estimate of drug-likeness (QED) is 0.823. The van der Waals surface area contributed by atoms with E-state index in [0.29, 0.717) is 5.92 Å². The summed E-state index contributed by atoms with van der Waals surface area (Å²) in [7, 11) is 0. The minimum Gasteiger partial charge on any atom is -0.393 e. The number of nitrogens with zero attached hydrogens (tertiary/aromatic N) is 3. The summed E-state index contributed by atoms with van der Waals surface area (Å²) < 4.78 is 0. The molecule has 1 saturated heterocycles. The summed E-state index contributed by atoms with van der Waals surface area (Å²) in [5, 5.41) is 9.43. The van der Waals surface area contributed by atoms with E-state index in [1.807, 2.05) is 12.4 Å². The number of aliphatic hydroxyl groups is 1. The van der Waals surface area contributed by atoms with E-state index in [0.717, 1.165) is 37.4 Å². The second-order valence-corrected chi connectivity index (χ2v) is 4.67. The topological polar surface area (TPSA) is 49.2 Å². The fourth-order valence-corrected chi connectivity index (χ4v) is 1.92. The Labute approximate surface area is 96.3 Å². The predicted octanol–water partition coefficient (Wildman–Crippen LogP) is 1.56. The summed E-state index contributed by atoms with van der Waals surface area (Å²) in [5.74, 6) is 1.26. The molecule has 16 heavy (non-hydrogen) atoms. The SMILES string of the molecule is CC(C)c1ncc(N2CCC(O)CC2)cn1. The molecule has 4 nitrogen and oxygen atoms in total. The van der Waals surface area contributed by atoms with Crippen LogP contribution in [-0.4, -0.2) is 34.3 Å². The zero-order valence-electron chi connectivity index (χ0n) is 9.93. The molecule has 1 fully saturated rings. The Morgan fingerprint density at radius 2 is 1.81 bits per heavy atom. The van der Waals surface area contributed by atoms with Crippen molar-refractivity contribution < 1.29 is 5.11 Å². The molecule has 0 aliphatic carbocycles. The lowest BCUT2D eigenvalue weighted by Gasteiger charge is -2.30. The van der Waals surface area contributed by atoms with Crippen LogP contribution in [0, 0.1) is 0 Å². The normalized spacial score (nSPS) is 18.1. The Hall–Kier alpha value is -1.16. The van der Waals surface area contributed by atoms with Crippen molar-refractivity contribution in [3.8, 4) is 0 Å². The van der Waals surface area contributed by atoms with Crippen molar-refractivity contribution in [1.29, 1.82) is 0 Å². The van der Waals surface area contributed by atoms with Crippen molar-refractivity contribution in [2.24, 2.45) is 0 Å². The molecule has 88 valence electrons. The fraction of sp³-hybridized carbons (Fsp3) is 0.667. The van der Waals surface area contributed by atoms with E-state index in [-0.39, 0.29) is 6.10 Å². The van der Waals surface area contributed by atoms with Gasteiger partial charge in [-0.05, 0) is 12.8 Å². The number of rotatable bonds is 2. The van der Waals surface area contributed by atoms with Crippen LogP contribution in [-0.2, 0) is 0 Å². The van der Waals surface area contributed by atoms with E-state index in [9.17, 15) is 5.11 Å². The van der Waals surface area contributed by atoms with Crippen LogP contribution in [0.4, 0.5) is 5.69 Å². The Bertz CT molecular complexity index is 329. The lowest BCUT2D eigenvalue weighted by molar-refractivity contribution is 0.145. The molecule has 0 atom stereocenters. The molecule has 0 amide bonds. The van der Waals surface area contributed by atoms with Crippen molar-refractivity contribution in [3.05, 3.63) is 18.2 Å². The maximum absolute atomic E-state index is 9.43. The third-order valence-electron chi connectivity index (χ3n) is 3.00. The molecule has 0 unspecified atom stereocenters. The molecule has 1 aromatic rings. The molecule has 4 heteroatoms. The molecule has 1 aliphatic heterocycles. The average Bonchev–Trinajstić information content (AvgIpc) is 2.30. The van der Waals surface area contributed by atoms with Gasteiger partial charge in [0.15, 0.2) is 0 Å². The Morgan fingerprint density at radius 3 is 2.31 bits per heavy atom. The van der Waals surface area contributed by atoms with Crippen molar-refractivity contribution in [3.63, 3.8) is 0 Å². The minimum atomic E-state index is -0.132. The van der Waals surface area contributed by atoms with E-state index < -0.39 is 0 Å². The standard InChI is InChI=1S/C12H19N3O/c1-9(2)12-13-7-10(8-14-12)15-5-3-11(16)4-6-15/h7-9,11,16H,3-6H2,1-2H3. The van der Waals surface area contributed by atoms with E-state index >= 15 is 0 Å². The molecule has 0 saturated carbocycles. The van der Waals surface area contributed by atoms with E-state index in [1.54, 1.807) is 0 Å². The summed E-state index contributed by atoms with van der Waals surface area (Å²) >= 11 is 0. The maximum atomic E-state index is 9.43. The van der Waals surface area contributed by atoms with Crippen molar-refractivity contribution in [2.75, 3.05) is 18.0 Å². The molecule has 0 bridgehead atoms. The van der Waals surface area contributed by atoms with Crippen molar-refractivity contribution in [2.45, 2.75) is 38.7 Å². The monoisotopic (exact) mass is 221 g/mol. The molecule has 1 aliphatic rings. The lowest BCUT2D eigenvalue weighted by Crippen LogP contribution is -2.35. The zero-order chi connectivity index (χ0) is 11.5. The summed E-state index contributed by atoms with van der Waals surface area (Å²) in [6, 6.07) is 0. The Kier molecular flexibility index (Phi) is 3.39. The zero-order valence-corrected chi connectivity index (χ0v) is 9.93. The van der Waals surface area contributed by atoms with Gasteiger partial charge in [-0.3, -0.25) is 0 Å². The molecule has 0 aromatic carbocycles. The first-order valence-electron chi connectivity index (χ1n) is 5.92. The highest BCUT2D eigenvalue weighted by atomic mass is 16.3. The number of hydrogen-bond donors (Lipinski definition) is 1. The number of aliphatic hydroxyl groups excluding tert-OH is 1. The number of hydrogen-bond acceptors (Lipinski definition) is 4. The number of aromatic nitrogens is 2. The third-order valence-corrected chi connectivity index (χ3v) is 3.00. The Balaban J connectivity index is 2.04. The first kappa shape index (κ1) is 11.3. The second kappa shape index (κ2) is 4.78. The van der Waals surface area contributed by atoms with Crippen LogP contribution in [0.1, 0.15) is 38.4 Å². The van der Waals surface area contributed by atoms with Gasteiger partial charge in [-0.1, -0.05) is 13.8 Å². The van der Waals surface area contributed by atoms with Gasteiger partial charge in [0.1, 0.15) is 5.82 Å². The predicted molar refractivity (Wildman–Crippen MR) is 63.6 cm³/mol. The van der Waals surface area contributed by atoms with E-state index in [2.05, 4.69) is 28.7 Å². The van der Waals surface area contributed by atoms with Crippen LogP contribution >= 0.6 is 0 Å². The summed E-state index contributed by atoms with van der Waals surface area (Å²) in [6.45, 7) is 5.97. The van der Waals surface area contributed by atoms with Crippen LogP contribution in [0.5, 0.6) is 0 Å². The largest absolute Gasteiger partial charge is 0.393 e. The summed E-state index contributed by atoms with van der Waals surface area (Å²) in [4.78, 5) is 10.9. The highest BCUT2D eigenvalue weighted by Gasteiger charge is 2.17. The molecular weight excluding hydrogens is 202 g/mol. The van der Waals surface area contributed by atoms with Gasteiger partial charge < -0.3 is 10.0 Å². The van der Waals surface area contributed by atoms with Gasteiger partial charge in [0.25, 0.3) is 0 Å². The second-order valence-electron chi connectivity index (χ2n) is 4.67.